The van der Waals surface area contributed by atoms with Gasteiger partial charge in [0.1, 0.15) is 5.75 Å². The average molecular weight is 291 g/mol. The fraction of sp³-hybridized carbons (Fsp3) is 0.533. The molecule has 1 aromatic rings. The Morgan fingerprint density at radius 1 is 1.43 bits per heavy atom. The molecule has 2 N–H and O–H groups in total. The summed E-state index contributed by atoms with van der Waals surface area (Å²) in [4.78, 5) is 2.17. The molecule has 1 heterocycles. The smallest absolute Gasteiger partial charge is 0.189 e. The van der Waals surface area contributed by atoms with E-state index in [0.29, 0.717) is 38.4 Å². The van der Waals surface area contributed by atoms with Crippen LogP contribution in [0.15, 0.2) is 12.1 Å². The number of hydrogen-bond donors (Lipinski definition) is 1. The molecule has 0 atom stereocenters. The minimum Gasteiger partial charge on any atom is -0.467 e. The number of hydrogen-bond acceptors (Lipinski definition) is 6. The molecule has 2 rings (SSSR count). The third-order valence-electron chi connectivity index (χ3n) is 3.35. The zero-order valence-electron chi connectivity index (χ0n) is 12.3. The summed E-state index contributed by atoms with van der Waals surface area (Å²) in [5, 5.41) is 8.77. The van der Waals surface area contributed by atoms with Crippen molar-refractivity contribution in [3.8, 4) is 11.8 Å². The van der Waals surface area contributed by atoms with Crippen molar-refractivity contribution in [1.29, 1.82) is 5.26 Å². The summed E-state index contributed by atoms with van der Waals surface area (Å²) in [6, 6.07) is 5.98. The van der Waals surface area contributed by atoms with Crippen molar-refractivity contribution < 1.29 is 14.2 Å². The van der Waals surface area contributed by atoms with Crippen LogP contribution >= 0.6 is 0 Å². The Morgan fingerprint density at radius 3 is 3.05 bits per heavy atom. The van der Waals surface area contributed by atoms with Crippen LogP contribution in [-0.2, 0) is 22.6 Å². The summed E-state index contributed by atoms with van der Waals surface area (Å²) in [6.07, 6.45) is 0.484. The van der Waals surface area contributed by atoms with Gasteiger partial charge in [-0.3, -0.25) is 4.90 Å². The molecule has 0 unspecified atom stereocenters. The van der Waals surface area contributed by atoms with E-state index in [9.17, 15) is 0 Å². The van der Waals surface area contributed by atoms with Gasteiger partial charge in [-0.05, 0) is 12.1 Å². The second-order valence-electron chi connectivity index (χ2n) is 4.96. The van der Waals surface area contributed by atoms with Crippen molar-refractivity contribution >= 4 is 5.69 Å². The molecular weight excluding hydrogens is 270 g/mol. The van der Waals surface area contributed by atoms with Gasteiger partial charge in [0, 0.05) is 50.0 Å². The molecule has 6 nitrogen and oxygen atoms in total. The average Bonchev–Trinajstić information content (AvgIpc) is 2.49. The molecule has 0 fully saturated rings. The lowest BCUT2D eigenvalue weighted by Gasteiger charge is -2.25. The summed E-state index contributed by atoms with van der Waals surface area (Å²) in [5.74, 6) is 0.856. The SMILES string of the molecule is COCCN(CCC#N)Cc1cc(N)cc2c1OCOC2. The number of anilines is 1. The summed E-state index contributed by atoms with van der Waals surface area (Å²) in [5.41, 5.74) is 8.66. The van der Waals surface area contributed by atoms with E-state index in [0.717, 1.165) is 23.4 Å². The predicted octanol–water partition coefficient (Wildman–Crippen LogP) is 1.50. The Balaban J connectivity index is 2.15. The minimum absolute atomic E-state index is 0.264. The second-order valence-corrected chi connectivity index (χ2v) is 4.96. The third kappa shape index (κ3) is 4.33. The van der Waals surface area contributed by atoms with E-state index in [1.165, 1.54) is 0 Å². The number of ether oxygens (including phenoxy) is 3. The standard InChI is InChI=1S/C15H21N3O3/c1-19-6-5-18(4-2-3-16)9-12-7-14(17)8-13-10-20-11-21-15(12)13/h7-8H,2,4-6,9-11,17H2,1H3. The molecule has 0 radical (unpaired) electrons. The van der Waals surface area contributed by atoms with Gasteiger partial charge < -0.3 is 19.9 Å². The topological polar surface area (TPSA) is 80.7 Å². The highest BCUT2D eigenvalue weighted by atomic mass is 16.7. The van der Waals surface area contributed by atoms with Gasteiger partial charge in [0.25, 0.3) is 0 Å². The van der Waals surface area contributed by atoms with Crippen molar-refractivity contribution in [1.82, 2.24) is 4.90 Å². The monoisotopic (exact) mass is 291 g/mol. The molecular formula is C15H21N3O3. The first-order valence-corrected chi connectivity index (χ1v) is 6.94. The van der Waals surface area contributed by atoms with Crippen molar-refractivity contribution in [2.24, 2.45) is 0 Å². The molecule has 0 amide bonds. The quantitative estimate of drug-likeness (QED) is 0.767. The molecule has 0 saturated carbocycles. The molecule has 0 spiro atoms. The van der Waals surface area contributed by atoms with Gasteiger partial charge in [-0.25, -0.2) is 0 Å². The van der Waals surface area contributed by atoms with E-state index < -0.39 is 0 Å². The van der Waals surface area contributed by atoms with Crippen LogP contribution < -0.4 is 10.5 Å². The van der Waals surface area contributed by atoms with Crippen molar-refractivity contribution in [3.63, 3.8) is 0 Å². The molecule has 6 heteroatoms. The van der Waals surface area contributed by atoms with Gasteiger partial charge in [0.15, 0.2) is 6.79 Å². The van der Waals surface area contributed by atoms with E-state index >= 15 is 0 Å². The number of fused-ring (bicyclic) bond motifs is 1. The Labute approximate surface area is 125 Å². The van der Waals surface area contributed by atoms with Crippen molar-refractivity contribution in [2.45, 2.75) is 19.6 Å². The lowest BCUT2D eigenvalue weighted by atomic mass is 10.1. The van der Waals surface area contributed by atoms with Gasteiger partial charge in [-0.15, -0.1) is 0 Å². The molecule has 0 bridgehead atoms. The Bertz CT molecular complexity index is 514. The van der Waals surface area contributed by atoms with E-state index in [4.69, 9.17) is 25.2 Å². The van der Waals surface area contributed by atoms with Crippen LogP contribution in [-0.4, -0.2) is 38.5 Å². The normalized spacial score (nSPS) is 13.6. The number of methoxy groups -OCH3 is 1. The van der Waals surface area contributed by atoms with E-state index in [-0.39, 0.29) is 6.79 Å². The zero-order valence-corrected chi connectivity index (χ0v) is 12.3. The van der Waals surface area contributed by atoms with Gasteiger partial charge >= 0.3 is 0 Å². The van der Waals surface area contributed by atoms with Crippen LogP contribution in [0, 0.1) is 11.3 Å². The third-order valence-corrected chi connectivity index (χ3v) is 3.35. The Morgan fingerprint density at radius 2 is 2.29 bits per heavy atom. The van der Waals surface area contributed by atoms with Crippen LogP contribution in [0.25, 0.3) is 0 Å². The van der Waals surface area contributed by atoms with Crippen molar-refractivity contribution in [2.75, 3.05) is 39.3 Å². The fourth-order valence-electron chi connectivity index (χ4n) is 2.38. The van der Waals surface area contributed by atoms with Gasteiger partial charge in [-0.2, -0.15) is 5.26 Å². The summed E-state index contributed by atoms with van der Waals surface area (Å²) < 4.78 is 16.0. The highest BCUT2D eigenvalue weighted by Gasteiger charge is 2.18. The number of nitrogens with zero attached hydrogens (tertiary/aromatic N) is 2. The maximum atomic E-state index is 8.77. The second kappa shape index (κ2) is 7.84. The molecule has 1 aliphatic rings. The number of rotatable bonds is 7. The Hall–Kier alpha value is -1.81. The molecule has 1 aliphatic heterocycles. The largest absolute Gasteiger partial charge is 0.467 e. The number of nitrogen functional groups attached to an aromatic ring is 1. The Kier molecular flexibility index (Phi) is 5.81. The van der Waals surface area contributed by atoms with Gasteiger partial charge in [0.2, 0.25) is 0 Å². The van der Waals surface area contributed by atoms with E-state index in [1.54, 1.807) is 7.11 Å². The molecule has 114 valence electrons. The van der Waals surface area contributed by atoms with Crippen molar-refractivity contribution in [3.05, 3.63) is 23.3 Å². The maximum absolute atomic E-state index is 8.77. The first kappa shape index (κ1) is 15.6. The molecule has 1 aromatic carbocycles. The van der Waals surface area contributed by atoms with Gasteiger partial charge in [-0.1, -0.05) is 0 Å². The van der Waals surface area contributed by atoms with E-state index in [2.05, 4.69) is 11.0 Å². The molecule has 0 aliphatic carbocycles. The minimum atomic E-state index is 0.264. The molecule has 0 saturated heterocycles. The predicted molar refractivity (Wildman–Crippen MR) is 78.5 cm³/mol. The van der Waals surface area contributed by atoms with Crippen LogP contribution in [0.5, 0.6) is 5.75 Å². The van der Waals surface area contributed by atoms with Crippen LogP contribution in [0.2, 0.25) is 0 Å². The first-order chi connectivity index (χ1) is 10.2. The number of nitrogens with two attached hydrogens (primary N) is 1. The summed E-state index contributed by atoms with van der Waals surface area (Å²) in [7, 11) is 1.67. The fourth-order valence-corrected chi connectivity index (χ4v) is 2.38. The first-order valence-electron chi connectivity index (χ1n) is 6.94. The summed E-state index contributed by atoms with van der Waals surface area (Å²) >= 11 is 0. The molecule has 21 heavy (non-hydrogen) atoms. The number of benzene rings is 1. The van der Waals surface area contributed by atoms with Crippen LogP contribution in [0.3, 0.4) is 0 Å². The number of nitriles is 1. The lowest BCUT2D eigenvalue weighted by molar-refractivity contribution is -0.0174. The summed E-state index contributed by atoms with van der Waals surface area (Å²) in [6.45, 7) is 3.54. The zero-order chi connectivity index (χ0) is 15.1. The molecule has 0 aromatic heterocycles. The van der Waals surface area contributed by atoms with Gasteiger partial charge in [0.05, 0.1) is 19.3 Å². The van der Waals surface area contributed by atoms with E-state index in [1.807, 2.05) is 12.1 Å². The maximum Gasteiger partial charge on any atom is 0.189 e. The van der Waals surface area contributed by atoms with Crippen LogP contribution in [0.1, 0.15) is 17.5 Å². The lowest BCUT2D eigenvalue weighted by Crippen LogP contribution is -2.28. The highest BCUT2D eigenvalue weighted by molar-refractivity contribution is 5.53. The highest BCUT2D eigenvalue weighted by Crippen LogP contribution is 2.31. The van der Waals surface area contributed by atoms with Crippen LogP contribution in [0.4, 0.5) is 5.69 Å².